The first-order valence-corrected chi connectivity index (χ1v) is 6.41. The number of aliphatic carboxylic acids is 1. The van der Waals surface area contributed by atoms with Crippen molar-refractivity contribution in [2.24, 2.45) is 0 Å². The Hall–Kier alpha value is -1.82. The van der Waals surface area contributed by atoms with E-state index in [1.807, 2.05) is 11.5 Å². The Labute approximate surface area is 111 Å². The summed E-state index contributed by atoms with van der Waals surface area (Å²) in [6, 6.07) is 2.51. The van der Waals surface area contributed by atoms with Crippen LogP contribution in [0.2, 0.25) is 0 Å². The normalized spacial score (nSPS) is 22.7. The minimum atomic E-state index is -1.07. The Morgan fingerprint density at radius 2 is 2.21 bits per heavy atom. The Morgan fingerprint density at radius 3 is 2.84 bits per heavy atom. The van der Waals surface area contributed by atoms with E-state index in [-0.39, 0.29) is 18.9 Å². The van der Waals surface area contributed by atoms with Crippen LogP contribution in [0.5, 0.6) is 0 Å². The molecule has 104 valence electrons. The van der Waals surface area contributed by atoms with Crippen molar-refractivity contribution in [2.75, 3.05) is 6.54 Å². The number of carboxylic acid groups (broad SMARTS) is 1. The summed E-state index contributed by atoms with van der Waals surface area (Å²) in [7, 11) is 0. The maximum atomic E-state index is 12.4. The Bertz CT molecular complexity index is 483. The molecule has 19 heavy (non-hydrogen) atoms. The van der Waals surface area contributed by atoms with Gasteiger partial charge in [-0.05, 0) is 18.6 Å². The molecule has 2 heterocycles. The summed E-state index contributed by atoms with van der Waals surface area (Å²) in [5.41, 5.74) is 0.474. The highest BCUT2D eigenvalue weighted by Crippen LogP contribution is 2.21. The molecule has 2 atom stereocenters. The highest BCUT2D eigenvalue weighted by atomic mass is 16.4. The number of likely N-dealkylation sites (tertiary alicyclic amines) is 1. The molecule has 0 aromatic carbocycles. The van der Waals surface area contributed by atoms with Gasteiger partial charge in [0, 0.05) is 25.7 Å². The summed E-state index contributed by atoms with van der Waals surface area (Å²) in [5.74, 6) is -1.40. The summed E-state index contributed by atoms with van der Waals surface area (Å²) in [4.78, 5) is 24.8. The fourth-order valence-electron chi connectivity index (χ4n) is 2.46. The Kier molecular flexibility index (Phi) is 3.90. The number of aliphatic hydroxyl groups excluding tert-OH is 1. The molecule has 0 aliphatic carbocycles. The summed E-state index contributed by atoms with van der Waals surface area (Å²) in [5, 5.41) is 18.7. The van der Waals surface area contributed by atoms with Gasteiger partial charge < -0.3 is 19.7 Å². The molecular weight excluding hydrogens is 248 g/mol. The van der Waals surface area contributed by atoms with E-state index in [1.54, 1.807) is 18.3 Å². The number of nitrogens with zero attached hydrogens (tertiary/aromatic N) is 2. The van der Waals surface area contributed by atoms with Crippen LogP contribution >= 0.6 is 0 Å². The molecule has 6 nitrogen and oxygen atoms in total. The third-order valence-corrected chi connectivity index (χ3v) is 3.34. The number of β-amino-alcohol motifs (C(OH)–C–C–N with tert-alkyl or cyclic N) is 1. The first-order chi connectivity index (χ1) is 9.04. The van der Waals surface area contributed by atoms with Crippen LogP contribution in [0.3, 0.4) is 0 Å². The average Bonchev–Trinajstić information content (AvgIpc) is 2.95. The molecule has 1 aromatic heterocycles. The van der Waals surface area contributed by atoms with E-state index >= 15 is 0 Å². The van der Waals surface area contributed by atoms with Gasteiger partial charge in [-0.1, -0.05) is 6.92 Å². The van der Waals surface area contributed by atoms with Crippen molar-refractivity contribution in [3.05, 3.63) is 24.0 Å². The average molecular weight is 266 g/mol. The van der Waals surface area contributed by atoms with Crippen LogP contribution < -0.4 is 0 Å². The number of carboxylic acids is 1. The monoisotopic (exact) mass is 266 g/mol. The van der Waals surface area contributed by atoms with Gasteiger partial charge in [0.15, 0.2) is 0 Å². The predicted octanol–water partition coefficient (Wildman–Crippen LogP) is 0.558. The minimum Gasteiger partial charge on any atom is -0.480 e. The smallest absolute Gasteiger partial charge is 0.326 e. The number of aryl methyl sites for hydroxylation is 1. The molecule has 1 aliphatic rings. The second-order valence-corrected chi connectivity index (χ2v) is 4.79. The Morgan fingerprint density at radius 1 is 1.47 bits per heavy atom. The van der Waals surface area contributed by atoms with Crippen molar-refractivity contribution >= 4 is 11.9 Å². The molecule has 1 fully saturated rings. The fraction of sp³-hybridized carbons (Fsp3) is 0.538. The lowest BCUT2D eigenvalue weighted by Crippen LogP contribution is -2.41. The molecule has 2 rings (SSSR count). The number of amides is 1. The third-order valence-electron chi connectivity index (χ3n) is 3.34. The third kappa shape index (κ3) is 2.63. The molecule has 6 heteroatoms. The molecule has 0 spiro atoms. The molecule has 1 aliphatic heterocycles. The van der Waals surface area contributed by atoms with Gasteiger partial charge in [0.2, 0.25) is 0 Å². The maximum absolute atomic E-state index is 12.4. The van der Waals surface area contributed by atoms with Crippen LogP contribution in [0.1, 0.15) is 30.3 Å². The molecular formula is C13H18N2O4. The van der Waals surface area contributed by atoms with E-state index in [4.69, 9.17) is 5.11 Å². The van der Waals surface area contributed by atoms with Crippen molar-refractivity contribution in [1.29, 1.82) is 0 Å². The van der Waals surface area contributed by atoms with Crippen molar-refractivity contribution < 1.29 is 19.8 Å². The predicted molar refractivity (Wildman–Crippen MR) is 67.8 cm³/mol. The number of hydrogen-bond donors (Lipinski definition) is 2. The van der Waals surface area contributed by atoms with Crippen molar-refractivity contribution in [3.63, 3.8) is 0 Å². The summed E-state index contributed by atoms with van der Waals surface area (Å²) in [6.07, 6.45) is 2.02. The lowest BCUT2D eigenvalue weighted by atomic mass is 10.2. The number of carbonyl (C=O) groups is 2. The van der Waals surface area contributed by atoms with Gasteiger partial charge in [0.05, 0.1) is 6.10 Å². The summed E-state index contributed by atoms with van der Waals surface area (Å²) >= 11 is 0. The Balaban J connectivity index is 2.22. The van der Waals surface area contributed by atoms with Gasteiger partial charge in [0.1, 0.15) is 11.7 Å². The number of aromatic nitrogens is 1. The van der Waals surface area contributed by atoms with Crippen molar-refractivity contribution in [3.8, 4) is 0 Å². The zero-order chi connectivity index (χ0) is 14.0. The maximum Gasteiger partial charge on any atom is 0.326 e. The van der Waals surface area contributed by atoms with E-state index in [0.717, 1.165) is 6.42 Å². The van der Waals surface area contributed by atoms with Gasteiger partial charge in [-0.2, -0.15) is 0 Å². The zero-order valence-electron chi connectivity index (χ0n) is 10.8. The van der Waals surface area contributed by atoms with Gasteiger partial charge in [0.25, 0.3) is 5.91 Å². The number of hydrogen-bond acceptors (Lipinski definition) is 3. The van der Waals surface area contributed by atoms with Gasteiger partial charge >= 0.3 is 5.97 Å². The second kappa shape index (κ2) is 5.44. The van der Waals surface area contributed by atoms with Crippen LogP contribution in [-0.4, -0.2) is 50.2 Å². The van der Waals surface area contributed by atoms with Gasteiger partial charge in [-0.3, -0.25) is 4.79 Å². The first-order valence-electron chi connectivity index (χ1n) is 6.41. The van der Waals surface area contributed by atoms with E-state index < -0.39 is 18.1 Å². The van der Waals surface area contributed by atoms with Crippen LogP contribution in [-0.2, 0) is 11.3 Å². The van der Waals surface area contributed by atoms with E-state index in [2.05, 4.69) is 0 Å². The fourth-order valence-corrected chi connectivity index (χ4v) is 2.46. The van der Waals surface area contributed by atoms with E-state index in [1.165, 1.54) is 4.90 Å². The molecule has 1 aromatic rings. The van der Waals surface area contributed by atoms with Crippen LogP contribution in [0.25, 0.3) is 0 Å². The summed E-state index contributed by atoms with van der Waals surface area (Å²) < 4.78 is 1.81. The largest absolute Gasteiger partial charge is 0.480 e. The molecule has 0 saturated carbocycles. The second-order valence-electron chi connectivity index (χ2n) is 4.79. The van der Waals surface area contributed by atoms with Crippen LogP contribution in [0.15, 0.2) is 18.3 Å². The summed E-state index contributed by atoms with van der Waals surface area (Å²) in [6.45, 7) is 2.79. The number of rotatable bonds is 4. The highest BCUT2D eigenvalue weighted by molar-refractivity contribution is 5.95. The first kappa shape index (κ1) is 13.6. The molecule has 2 N–H and O–H groups in total. The van der Waals surface area contributed by atoms with E-state index in [0.29, 0.717) is 12.2 Å². The minimum absolute atomic E-state index is 0.0765. The molecule has 1 amide bonds. The zero-order valence-corrected chi connectivity index (χ0v) is 10.8. The number of carbonyl (C=O) groups excluding carboxylic acids is 1. The highest BCUT2D eigenvalue weighted by Gasteiger charge is 2.39. The standard InChI is InChI=1S/C13H18N2O4/c1-2-5-14-6-3-4-10(14)12(17)15-8-9(16)7-11(15)13(18)19/h3-4,6,9,11,16H,2,5,7-8H2,1H3,(H,18,19)/t9?,11-/m0/s1. The molecule has 0 radical (unpaired) electrons. The molecule has 1 unspecified atom stereocenters. The quantitative estimate of drug-likeness (QED) is 0.834. The molecule has 0 bridgehead atoms. The molecule has 1 saturated heterocycles. The van der Waals surface area contributed by atoms with Crippen molar-refractivity contribution in [2.45, 2.75) is 38.5 Å². The van der Waals surface area contributed by atoms with Crippen molar-refractivity contribution in [1.82, 2.24) is 9.47 Å². The topological polar surface area (TPSA) is 82.8 Å². The lowest BCUT2D eigenvalue weighted by molar-refractivity contribution is -0.141. The van der Waals surface area contributed by atoms with E-state index in [9.17, 15) is 14.7 Å². The van der Waals surface area contributed by atoms with Gasteiger partial charge in [-0.15, -0.1) is 0 Å². The lowest BCUT2D eigenvalue weighted by Gasteiger charge is -2.21. The van der Waals surface area contributed by atoms with Gasteiger partial charge in [-0.25, -0.2) is 4.79 Å². The number of aliphatic hydroxyl groups is 1. The van der Waals surface area contributed by atoms with Crippen LogP contribution in [0.4, 0.5) is 0 Å². The van der Waals surface area contributed by atoms with Crippen LogP contribution in [0, 0.1) is 0 Å². The SMILES string of the molecule is CCCn1cccc1C(=O)N1CC(O)C[C@H]1C(=O)O.